The molecule has 0 bridgehead atoms. The van der Waals surface area contributed by atoms with E-state index in [-0.39, 0.29) is 18.1 Å². The Morgan fingerprint density at radius 2 is 2.10 bits per heavy atom. The van der Waals surface area contributed by atoms with E-state index in [4.69, 9.17) is 5.11 Å². The maximum atomic E-state index is 12.3. The van der Waals surface area contributed by atoms with Crippen LogP contribution in [0.4, 0.5) is 4.79 Å². The van der Waals surface area contributed by atoms with Gasteiger partial charge in [-0.3, -0.25) is 4.98 Å². The standard InChI is InChI=1S/C15H19N3O3/c19-14(20)11-5-6-16-12(7-11)8-17-15(21)18(13-3-4-13)9-10-1-2-10/h5-7,10,13H,1-4,8-9H2,(H,17,21)(H,19,20). The fourth-order valence-corrected chi connectivity index (χ4v) is 2.34. The largest absolute Gasteiger partial charge is 0.478 e. The number of amides is 2. The number of aromatic nitrogens is 1. The summed E-state index contributed by atoms with van der Waals surface area (Å²) >= 11 is 0. The minimum atomic E-state index is -0.988. The molecule has 2 amide bonds. The lowest BCUT2D eigenvalue weighted by Crippen LogP contribution is -2.42. The first kappa shape index (κ1) is 13.9. The number of hydrogen-bond donors (Lipinski definition) is 2. The monoisotopic (exact) mass is 289 g/mol. The van der Waals surface area contributed by atoms with E-state index in [9.17, 15) is 9.59 Å². The Morgan fingerprint density at radius 3 is 2.71 bits per heavy atom. The summed E-state index contributed by atoms with van der Waals surface area (Å²) in [5.74, 6) is -0.317. The highest BCUT2D eigenvalue weighted by atomic mass is 16.4. The Kier molecular flexibility index (Phi) is 3.77. The van der Waals surface area contributed by atoms with Crippen LogP contribution in [0.25, 0.3) is 0 Å². The van der Waals surface area contributed by atoms with Crippen LogP contribution in [0.15, 0.2) is 18.3 Å². The zero-order valence-corrected chi connectivity index (χ0v) is 11.8. The molecule has 2 fully saturated rings. The van der Waals surface area contributed by atoms with Gasteiger partial charge in [-0.15, -0.1) is 0 Å². The van der Waals surface area contributed by atoms with Crippen LogP contribution < -0.4 is 5.32 Å². The number of rotatable bonds is 6. The topological polar surface area (TPSA) is 82.5 Å². The fraction of sp³-hybridized carbons (Fsp3) is 0.533. The second-order valence-electron chi connectivity index (χ2n) is 5.83. The molecule has 112 valence electrons. The van der Waals surface area contributed by atoms with Crippen molar-refractivity contribution < 1.29 is 14.7 Å². The number of carbonyl (C=O) groups is 2. The maximum Gasteiger partial charge on any atom is 0.335 e. The molecule has 2 aliphatic carbocycles. The molecular weight excluding hydrogens is 270 g/mol. The van der Waals surface area contributed by atoms with E-state index in [2.05, 4.69) is 10.3 Å². The molecule has 0 aromatic carbocycles. The van der Waals surface area contributed by atoms with Gasteiger partial charge in [0.15, 0.2) is 0 Å². The van der Waals surface area contributed by atoms with E-state index in [0.717, 1.165) is 19.4 Å². The summed E-state index contributed by atoms with van der Waals surface area (Å²) in [6.07, 6.45) is 6.07. The van der Waals surface area contributed by atoms with Crippen LogP contribution in [0.5, 0.6) is 0 Å². The van der Waals surface area contributed by atoms with Crippen LogP contribution in [0, 0.1) is 5.92 Å². The molecule has 21 heavy (non-hydrogen) atoms. The van der Waals surface area contributed by atoms with Crippen molar-refractivity contribution >= 4 is 12.0 Å². The Bertz CT molecular complexity index is 553. The first-order chi connectivity index (χ1) is 10.1. The number of carboxylic acids is 1. The highest BCUT2D eigenvalue weighted by Gasteiger charge is 2.36. The van der Waals surface area contributed by atoms with Gasteiger partial charge in [0.25, 0.3) is 0 Å². The van der Waals surface area contributed by atoms with Gasteiger partial charge in [-0.25, -0.2) is 9.59 Å². The highest BCUT2D eigenvalue weighted by molar-refractivity contribution is 5.87. The van der Waals surface area contributed by atoms with Crippen molar-refractivity contribution in [1.82, 2.24) is 15.2 Å². The normalized spacial score (nSPS) is 17.3. The second-order valence-corrected chi connectivity index (χ2v) is 5.83. The van der Waals surface area contributed by atoms with Crippen molar-refractivity contribution in [2.75, 3.05) is 6.54 Å². The van der Waals surface area contributed by atoms with E-state index in [1.54, 1.807) is 0 Å². The van der Waals surface area contributed by atoms with Crippen molar-refractivity contribution in [3.63, 3.8) is 0 Å². The molecule has 6 heteroatoms. The number of nitrogens with one attached hydrogen (secondary N) is 1. The summed E-state index contributed by atoms with van der Waals surface area (Å²) in [6, 6.07) is 3.26. The summed E-state index contributed by atoms with van der Waals surface area (Å²) in [5, 5.41) is 11.8. The van der Waals surface area contributed by atoms with Crippen molar-refractivity contribution in [3.8, 4) is 0 Å². The molecule has 1 aromatic heterocycles. The van der Waals surface area contributed by atoms with Crippen molar-refractivity contribution in [2.24, 2.45) is 5.92 Å². The minimum Gasteiger partial charge on any atom is -0.478 e. The molecular formula is C15H19N3O3. The van der Waals surface area contributed by atoms with Crippen molar-refractivity contribution in [2.45, 2.75) is 38.3 Å². The van der Waals surface area contributed by atoms with Crippen LogP contribution in [0.2, 0.25) is 0 Å². The number of pyridine rings is 1. The Hall–Kier alpha value is -2.11. The molecule has 0 atom stereocenters. The Morgan fingerprint density at radius 1 is 1.33 bits per heavy atom. The van der Waals surface area contributed by atoms with Crippen molar-refractivity contribution in [1.29, 1.82) is 0 Å². The van der Waals surface area contributed by atoms with Gasteiger partial charge in [0.1, 0.15) is 0 Å². The number of hydrogen-bond acceptors (Lipinski definition) is 3. The third-order valence-electron chi connectivity index (χ3n) is 3.88. The summed E-state index contributed by atoms with van der Waals surface area (Å²) in [7, 11) is 0. The van der Waals surface area contributed by atoms with E-state index in [0.29, 0.717) is 17.7 Å². The van der Waals surface area contributed by atoms with Gasteiger partial charge in [-0.05, 0) is 43.7 Å². The summed E-state index contributed by atoms with van der Waals surface area (Å²) in [4.78, 5) is 29.2. The molecule has 6 nitrogen and oxygen atoms in total. The van der Waals surface area contributed by atoms with E-state index in [1.807, 2.05) is 4.90 Å². The average molecular weight is 289 g/mol. The zero-order valence-electron chi connectivity index (χ0n) is 11.8. The lowest BCUT2D eigenvalue weighted by molar-refractivity contribution is 0.0696. The quantitative estimate of drug-likeness (QED) is 0.837. The second kappa shape index (κ2) is 5.71. The Balaban J connectivity index is 1.56. The van der Waals surface area contributed by atoms with Crippen molar-refractivity contribution in [3.05, 3.63) is 29.6 Å². The van der Waals surface area contributed by atoms with Crippen LogP contribution >= 0.6 is 0 Å². The minimum absolute atomic E-state index is 0.0630. The van der Waals surface area contributed by atoms with Gasteiger partial charge in [0.05, 0.1) is 17.8 Å². The number of carbonyl (C=O) groups excluding carboxylic acids is 1. The number of carboxylic acid groups (broad SMARTS) is 1. The smallest absolute Gasteiger partial charge is 0.335 e. The molecule has 1 heterocycles. The first-order valence-electron chi connectivity index (χ1n) is 7.36. The predicted octanol–water partition coefficient (Wildman–Crippen LogP) is 1.86. The van der Waals surface area contributed by atoms with E-state index >= 15 is 0 Å². The maximum absolute atomic E-state index is 12.3. The number of nitrogens with zero attached hydrogens (tertiary/aromatic N) is 2. The zero-order chi connectivity index (χ0) is 14.8. The molecule has 2 saturated carbocycles. The van der Waals surface area contributed by atoms with E-state index in [1.165, 1.54) is 31.2 Å². The van der Waals surface area contributed by atoms with Gasteiger partial charge < -0.3 is 15.3 Å². The van der Waals surface area contributed by atoms with Crippen LogP contribution in [0.1, 0.15) is 41.7 Å². The summed E-state index contributed by atoms with van der Waals surface area (Å²) in [6.45, 7) is 1.10. The van der Waals surface area contributed by atoms with Gasteiger partial charge >= 0.3 is 12.0 Å². The number of aromatic carboxylic acids is 1. The Labute approximate surface area is 123 Å². The van der Waals surface area contributed by atoms with Crippen LogP contribution in [-0.4, -0.2) is 39.6 Å². The SMILES string of the molecule is O=C(O)c1ccnc(CNC(=O)N(CC2CC2)C2CC2)c1. The highest BCUT2D eigenvalue weighted by Crippen LogP contribution is 2.34. The van der Waals surface area contributed by atoms with Gasteiger partial charge in [-0.1, -0.05) is 0 Å². The lowest BCUT2D eigenvalue weighted by atomic mass is 10.2. The molecule has 0 spiro atoms. The molecule has 1 aromatic rings. The average Bonchev–Trinajstić information content (AvgIpc) is 3.36. The first-order valence-corrected chi connectivity index (χ1v) is 7.36. The predicted molar refractivity (Wildman–Crippen MR) is 75.9 cm³/mol. The molecule has 0 aliphatic heterocycles. The molecule has 0 radical (unpaired) electrons. The number of urea groups is 1. The van der Waals surface area contributed by atoms with Gasteiger partial charge in [-0.2, -0.15) is 0 Å². The summed E-state index contributed by atoms with van der Waals surface area (Å²) in [5.41, 5.74) is 0.747. The van der Waals surface area contributed by atoms with Crippen LogP contribution in [0.3, 0.4) is 0 Å². The molecule has 2 aliphatic rings. The molecule has 2 N–H and O–H groups in total. The molecule has 3 rings (SSSR count). The fourth-order valence-electron chi connectivity index (χ4n) is 2.34. The molecule has 0 saturated heterocycles. The molecule has 0 unspecified atom stereocenters. The summed E-state index contributed by atoms with van der Waals surface area (Å²) < 4.78 is 0. The van der Waals surface area contributed by atoms with Gasteiger partial charge in [0, 0.05) is 18.8 Å². The van der Waals surface area contributed by atoms with Crippen LogP contribution in [-0.2, 0) is 6.54 Å². The van der Waals surface area contributed by atoms with Gasteiger partial charge in [0.2, 0.25) is 0 Å². The third-order valence-corrected chi connectivity index (χ3v) is 3.88. The van der Waals surface area contributed by atoms with E-state index < -0.39 is 5.97 Å². The third kappa shape index (κ3) is 3.71. The lowest BCUT2D eigenvalue weighted by Gasteiger charge is -2.22.